The molecule has 0 unspecified atom stereocenters. The van der Waals surface area contributed by atoms with Gasteiger partial charge in [0.15, 0.2) is 0 Å². The molecule has 0 saturated heterocycles. The Bertz CT molecular complexity index is 776. The Kier molecular flexibility index (Phi) is 4.50. The highest BCUT2D eigenvalue weighted by molar-refractivity contribution is 5.20. The summed E-state index contributed by atoms with van der Waals surface area (Å²) >= 11 is 0. The van der Waals surface area contributed by atoms with E-state index < -0.39 is 0 Å². The average molecular weight is 289 g/mol. The predicted molar refractivity (Wildman–Crippen MR) is 90.1 cm³/mol. The second kappa shape index (κ2) is 6.90. The van der Waals surface area contributed by atoms with Gasteiger partial charge in [-0.05, 0) is 29.5 Å². The molecular formula is C20H19NO. The first-order valence-electron chi connectivity index (χ1n) is 7.58. The van der Waals surface area contributed by atoms with E-state index in [0.29, 0.717) is 6.54 Å². The predicted octanol–water partition coefficient (Wildman–Crippen LogP) is 3.68. The van der Waals surface area contributed by atoms with Gasteiger partial charge in [-0.15, -0.1) is 0 Å². The van der Waals surface area contributed by atoms with Gasteiger partial charge in [-0.1, -0.05) is 66.7 Å². The van der Waals surface area contributed by atoms with Crippen LogP contribution in [0.4, 0.5) is 0 Å². The van der Waals surface area contributed by atoms with Crippen LogP contribution in [0.25, 0.3) is 0 Å². The second-order valence-electron chi connectivity index (χ2n) is 5.47. The molecule has 0 spiro atoms. The highest BCUT2D eigenvalue weighted by Crippen LogP contribution is 2.07. The van der Waals surface area contributed by atoms with E-state index in [1.54, 1.807) is 10.6 Å². The third kappa shape index (κ3) is 3.73. The van der Waals surface area contributed by atoms with Gasteiger partial charge in [-0.25, -0.2) is 0 Å². The number of hydrogen-bond donors (Lipinski definition) is 0. The Morgan fingerprint density at radius 1 is 0.636 bits per heavy atom. The zero-order chi connectivity index (χ0) is 15.2. The summed E-state index contributed by atoms with van der Waals surface area (Å²) in [6.45, 7) is 0.624. The SMILES string of the molecule is O=c1ccc(CCc2ccccc2)cn1Cc1ccccc1. The normalized spacial score (nSPS) is 10.5. The molecule has 3 rings (SSSR count). The van der Waals surface area contributed by atoms with Crippen LogP contribution in [-0.4, -0.2) is 4.57 Å². The van der Waals surface area contributed by atoms with Crippen LogP contribution in [0.2, 0.25) is 0 Å². The van der Waals surface area contributed by atoms with Crippen molar-refractivity contribution in [3.63, 3.8) is 0 Å². The topological polar surface area (TPSA) is 22.0 Å². The average Bonchev–Trinajstić information content (AvgIpc) is 2.57. The Balaban J connectivity index is 1.74. The van der Waals surface area contributed by atoms with Crippen LogP contribution in [0, 0.1) is 0 Å². The van der Waals surface area contributed by atoms with E-state index in [2.05, 4.69) is 24.3 Å². The van der Waals surface area contributed by atoms with E-state index in [0.717, 1.165) is 18.4 Å². The maximum absolute atomic E-state index is 12.0. The number of benzene rings is 2. The zero-order valence-electron chi connectivity index (χ0n) is 12.5. The molecule has 0 aliphatic carbocycles. The van der Waals surface area contributed by atoms with Gasteiger partial charge >= 0.3 is 0 Å². The van der Waals surface area contributed by atoms with Crippen molar-refractivity contribution in [3.8, 4) is 0 Å². The van der Waals surface area contributed by atoms with E-state index in [1.807, 2.05) is 48.7 Å². The van der Waals surface area contributed by atoms with Gasteiger partial charge in [0.1, 0.15) is 0 Å². The first-order chi connectivity index (χ1) is 10.8. The zero-order valence-corrected chi connectivity index (χ0v) is 12.5. The molecule has 0 radical (unpaired) electrons. The lowest BCUT2D eigenvalue weighted by molar-refractivity contribution is 0.745. The van der Waals surface area contributed by atoms with Crippen LogP contribution < -0.4 is 5.56 Å². The third-order valence-electron chi connectivity index (χ3n) is 3.79. The molecule has 3 aromatic rings. The maximum Gasteiger partial charge on any atom is 0.250 e. The number of rotatable bonds is 5. The molecule has 0 N–H and O–H groups in total. The monoisotopic (exact) mass is 289 g/mol. The molecule has 0 aliphatic heterocycles. The van der Waals surface area contributed by atoms with Gasteiger partial charge in [0.25, 0.3) is 5.56 Å². The van der Waals surface area contributed by atoms with Crippen molar-refractivity contribution in [1.29, 1.82) is 0 Å². The fraction of sp³-hybridized carbons (Fsp3) is 0.150. The van der Waals surface area contributed by atoms with E-state index >= 15 is 0 Å². The maximum atomic E-state index is 12.0. The molecule has 0 fully saturated rings. The summed E-state index contributed by atoms with van der Waals surface area (Å²) in [4.78, 5) is 12.0. The van der Waals surface area contributed by atoms with Gasteiger partial charge in [0, 0.05) is 12.3 Å². The molecule has 2 nitrogen and oxygen atoms in total. The van der Waals surface area contributed by atoms with Crippen molar-refractivity contribution >= 4 is 0 Å². The lowest BCUT2D eigenvalue weighted by atomic mass is 10.1. The number of nitrogens with zero attached hydrogens (tertiary/aromatic N) is 1. The summed E-state index contributed by atoms with van der Waals surface area (Å²) in [5.74, 6) is 0. The molecule has 1 heterocycles. The molecule has 0 atom stereocenters. The molecule has 110 valence electrons. The number of hydrogen-bond acceptors (Lipinski definition) is 1. The van der Waals surface area contributed by atoms with E-state index in [4.69, 9.17) is 0 Å². The fourth-order valence-corrected chi connectivity index (χ4v) is 2.57. The lowest BCUT2D eigenvalue weighted by Gasteiger charge is -2.08. The fourth-order valence-electron chi connectivity index (χ4n) is 2.57. The Labute approximate surface area is 130 Å². The summed E-state index contributed by atoms with van der Waals surface area (Å²) in [6.07, 6.45) is 3.92. The summed E-state index contributed by atoms with van der Waals surface area (Å²) in [7, 11) is 0. The van der Waals surface area contributed by atoms with Gasteiger partial charge in [-0.2, -0.15) is 0 Å². The lowest BCUT2D eigenvalue weighted by Crippen LogP contribution is -2.19. The molecule has 0 bridgehead atoms. The van der Waals surface area contributed by atoms with Crippen LogP contribution in [0.1, 0.15) is 16.7 Å². The molecule has 0 saturated carbocycles. The van der Waals surface area contributed by atoms with Gasteiger partial charge in [0.05, 0.1) is 6.54 Å². The van der Waals surface area contributed by atoms with E-state index in [9.17, 15) is 4.79 Å². The molecule has 22 heavy (non-hydrogen) atoms. The molecule has 0 amide bonds. The number of aryl methyl sites for hydroxylation is 2. The van der Waals surface area contributed by atoms with Crippen LogP contribution in [-0.2, 0) is 19.4 Å². The van der Waals surface area contributed by atoms with Crippen LogP contribution in [0.3, 0.4) is 0 Å². The highest BCUT2D eigenvalue weighted by Gasteiger charge is 2.01. The Morgan fingerprint density at radius 3 is 1.91 bits per heavy atom. The Hall–Kier alpha value is -2.61. The Morgan fingerprint density at radius 2 is 1.23 bits per heavy atom. The molecule has 1 aromatic heterocycles. The van der Waals surface area contributed by atoms with Gasteiger partial charge < -0.3 is 4.57 Å². The minimum atomic E-state index is 0.0484. The van der Waals surface area contributed by atoms with Crippen molar-refractivity contribution in [3.05, 3.63) is 106 Å². The largest absolute Gasteiger partial charge is 0.311 e. The second-order valence-corrected chi connectivity index (χ2v) is 5.47. The highest BCUT2D eigenvalue weighted by atomic mass is 16.1. The number of aromatic nitrogens is 1. The van der Waals surface area contributed by atoms with Gasteiger partial charge in [-0.3, -0.25) is 4.79 Å². The minimum absolute atomic E-state index is 0.0484. The standard InChI is InChI=1S/C20H19NO/c22-20-14-13-19(12-11-17-7-3-1-4-8-17)16-21(20)15-18-9-5-2-6-10-18/h1-10,13-14,16H,11-12,15H2. The quantitative estimate of drug-likeness (QED) is 0.702. The third-order valence-corrected chi connectivity index (χ3v) is 3.79. The van der Waals surface area contributed by atoms with Crippen molar-refractivity contribution < 1.29 is 0 Å². The van der Waals surface area contributed by atoms with Crippen molar-refractivity contribution in [2.24, 2.45) is 0 Å². The van der Waals surface area contributed by atoms with Crippen molar-refractivity contribution in [1.82, 2.24) is 4.57 Å². The summed E-state index contributed by atoms with van der Waals surface area (Å²) in [5, 5.41) is 0. The first kappa shape index (κ1) is 14.3. The summed E-state index contributed by atoms with van der Waals surface area (Å²) < 4.78 is 1.79. The van der Waals surface area contributed by atoms with Gasteiger partial charge in [0.2, 0.25) is 0 Å². The van der Waals surface area contributed by atoms with Crippen LogP contribution in [0.5, 0.6) is 0 Å². The van der Waals surface area contributed by atoms with E-state index in [-0.39, 0.29) is 5.56 Å². The van der Waals surface area contributed by atoms with Crippen molar-refractivity contribution in [2.45, 2.75) is 19.4 Å². The molecule has 2 aromatic carbocycles. The smallest absolute Gasteiger partial charge is 0.250 e. The molecule has 0 aliphatic rings. The number of pyridine rings is 1. The summed E-state index contributed by atoms with van der Waals surface area (Å²) in [5.41, 5.74) is 3.71. The first-order valence-corrected chi connectivity index (χ1v) is 7.58. The summed E-state index contributed by atoms with van der Waals surface area (Å²) in [6, 6.07) is 24.1. The van der Waals surface area contributed by atoms with Crippen molar-refractivity contribution in [2.75, 3.05) is 0 Å². The molecular weight excluding hydrogens is 270 g/mol. The minimum Gasteiger partial charge on any atom is -0.311 e. The van der Waals surface area contributed by atoms with Crippen LogP contribution in [0.15, 0.2) is 83.8 Å². The van der Waals surface area contributed by atoms with E-state index in [1.165, 1.54) is 11.1 Å². The van der Waals surface area contributed by atoms with Crippen LogP contribution >= 0.6 is 0 Å². The molecule has 2 heteroatoms.